The molecule has 25 heavy (non-hydrogen) atoms. The lowest BCUT2D eigenvalue weighted by Crippen LogP contribution is -2.12. The number of H-pyrrole nitrogens is 1. The highest BCUT2D eigenvalue weighted by atomic mass is 16.5. The van der Waals surface area contributed by atoms with Gasteiger partial charge in [-0.05, 0) is 30.2 Å². The third kappa shape index (κ3) is 3.25. The molecule has 3 rings (SSSR count). The van der Waals surface area contributed by atoms with Crippen LogP contribution >= 0.6 is 0 Å². The lowest BCUT2D eigenvalue weighted by atomic mass is 9.96. The number of esters is 1. The summed E-state index contributed by atoms with van der Waals surface area (Å²) in [7, 11) is 0. The number of rotatable bonds is 5. The summed E-state index contributed by atoms with van der Waals surface area (Å²) in [6.45, 7) is 2.09. The van der Waals surface area contributed by atoms with E-state index in [1.807, 2.05) is 36.4 Å². The molecular weight excluding hydrogens is 320 g/mol. The summed E-state index contributed by atoms with van der Waals surface area (Å²) in [5, 5.41) is 10.3. The number of hydrogen-bond donors (Lipinski definition) is 2. The molecule has 3 aromatic rings. The number of nitrogens with zero attached hydrogens (tertiary/aromatic N) is 2. The fraction of sp³-hybridized carbons (Fsp3) is 0.111. The van der Waals surface area contributed by atoms with Crippen molar-refractivity contribution in [2.24, 2.45) is 5.73 Å². The largest absolute Gasteiger partial charge is 0.462 e. The van der Waals surface area contributed by atoms with Crippen molar-refractivity contribution in [3.63, 3.8) is 0 Å². The van der Waals surface area contributed by atoms with Gasteiger partial charge in [0.25, 0.3) is 5.91 Å². The van der Waals surface area contributed by atoms with Crippen molar-refractivity contribution < 1.29 is 14.3 Å². The second-order valence-corrected chi connectivity index (χ2v) is 5.23. The molecule has 0 aliphatic rings. The minimum Gasteiger partial charge on any atom is -0.462 e. The Morgan fingerprint density at radius 3 is 2.36 bits per heavy atom. The van der Waals surface area contributed by atoms with Gasteiger partial charge in [-0.15, -0.1) is 0 Å². The number of nitrogens with two attached hydrogens (primary N) is 1. The van der Waals surface area contributed by atoms with Crippen LogP contribution in [0.15, 0.2) is 48.5 Å². The number of nitrogens with one attached hydrogen (secondary N) is 1. The van der Waals surface area contributed by atoms with Crippen LogP contribution in [0.4, 0.5) is 0 Å². The highest BCUT2D eigenvalue weighted by Crippen LogP contribution is 2.32. The topological polar surface area (TPSA) is 111 Å². The van der Waals surface area contributed by atoms with Gasteiger partial charge in [-0.1, -0.05) is 36.4 Å². The Bertz CT molecular complexity index is 916. The fourth-order valence-electron chi connectivity index (χ4n) is 2.53. The van der Waals surface area contributed by atoms with Crippen molar-refractivity contribution in [1.29, 1.82) is 0 Å². The van der Waals surface area contributed by atoms with E-state index in [9.17, 15) is 9.59 Å². The van der Waals surface area contributed by atoms with Crippen molar-refractivity contribution in [3.05, 3.63) is 59.8 Å². The van der Waals surface area contributed by atoms with Gasteiger partial charge in [-0.3, -0.25) is 4.79 Å². The van der Waals surface area contributed by atoms with Crippen LogP contribution in [0.25, 0.3) is 22.4 Å². The van der Waals surface area contributed by atoms with E-state index in [1.165, 1.54) is 0 Å². The number of aromatic nitrogens is 3. The number of benzene rings is 2. The Labute approximate surface area is 143 Å². The molecule has 7 nitrogen and oxygen atoms in total. The molecular formula is C18H16N4O3. The minimum absolute atomic E-state index is 0.0793. The van der Waals surface area contributed by atoms with Gasteiger partial charge in [0.2, 0.25) is 0 Å². The molecule has 3 N–H and O–H groups in total. The van der Waals surface area contributed by atoms with E-state index < -0.39 is 5.91 Å². The molecule has 0 fully saturated rings. The number of amides is 1. The second-order valence-electron chi connectivity index (χ2n) is 5.23. The van der Waals surface area contributed by atoms with Crippen LogP contribution < -0.4 is 5.73 Å². The van der Waals surface area contributed by atoms with E-state index in [4.69, 9.17) is 10.5 Å². The van der Waals surface area contributed by atoms with Crippen LogP contribution in [-0.4, -0.2) is 33.9 Å². The Balaban J connectivity index is 2.03. The molecule has 0 saturated heterocycles. The molecule has 0 unspecified atom stereocenters. The predicted molar refractivity (Wildman–Crippen MR) is 91.7 cm³/mol. The van der Waals surface area contributed by atoms with Gasteiger partial charge in [0.15, 0.2) is 5.69 Å². The van der Waals surface area contributed by atoms with Crippen molar-refractivity contribution in [3.8, 4) is 22.4 Å². The van der Waals surface area contributed by atoms with Crippen LogP contribution in [0, 0.1) is 0 Å². The number of ether oxygens (including phenoxy) is 1. The highest BCUT2D eigenvalue weighted by Gasteiger charge is 2.18. The summed E-state index contributed by atoms with van der Waals surface area (Å²) in [6.07, 6.45) is 0. The van der Waals surface area contributed by atoms with Crippen molar-refractivity contribution in [1.82, 2.24) is 15.4 Å². The van der Waals surface area contributed by atoms with Gasteiger partial charge in [-0.2, -0.15) is 15.4 Å². The van der Waals surface area contributed by atoms with E-state index in [0.717, 1.165) is 11.1 Å². The first-order chi connectivity index (χ1) is 12.1. The number of carbonyl (C=O) groups is 2. The van der Waals surface area contributed by atoms with Gasteiger partial charge in [0.1, 0.15) is 5.69 Å². The maximum absolute atomic E-state index is 11.8. The Morgan fingerprint density at radius 1 is 1.04 bits per heavy atom. The lowest BCUT2D eigenvalue weighted by molar-refractivity contribution is 0.0526. The second kappa shape index (κ2) is 6.96. The summed E-state index contributed by atoms with van der Waals surface area (Å²) in [5.41, 5.74) is 8.72. The zero-order chi connectivity index (χ0) is 17.8. The molecule has 0 bridgehead atoms. The number of hydrogen-bond acceptors (Lipinski definition) is 5. The average molecular weight is 336 g/mol. The highest BCUT2D eigenvalue weighted by molar-refractivity contribution is 5.99. The van der Waals surface area contributed by atoms with Crippen molar-refractivity contribution >= 4 is 11.9 Å². The molecule has 1 aromatic heterocycles. The van der Waals surface area contributed by atoms with E-state index in [2.05, 4.69) is 15.4 Å². The molecule has 0 radical (unpaired) electrons. The van der Waals surface area contributed by atoms with E-state index in [0.29, 0.717) is 23.4 Å². The molecule has 2 aromatic carbocycles. The summed E-state index contributed by atoms with van der Waals surface area (Å²) >= 11 is 0. The molecule has 0 spiro atoms. The molecule has 0 atom stereocenters. The molecule has 1 amide bonds. The quantitative estimate of drug-likeness (QED) is 0.695. The van der Waals surface area contributed by atoms with Crippen LogP contribution in [-0.2, 0) is 4.74 Å². The molecule has 0 aliphatic carbocycles. The Morgan fingerprint density at radius 2 is 1.72 bits per heavy atom. The molecule has 126 valence electrons. The monoisotopic (exact) mass is 336 g/mol. The van der Waals surface area contributed by atoms with E-state index >= 15 is 0 Å². The van der Waals surface area contributed by atoms with Gasteiger partial charge in [0, 0.05) is 5.56 Å². The lowest BCUT2D eigenvalue weighted by Gasteiger charge is -2.09. The van der Waals surface area contributed by atoms with Crippen LogP contribution in [0.2, 0.25) is 0 Å². The Hall–Kier alpha value is -3.48. The predicted octanol–water partition coefficient (Wildman–Crippen LogP) is 2.41. The first kappa shape index (κ1) is 16.4. The van der Waals surface area contributed by atoms with E-state index in [-0.39, 0.29) is 11.7 Å². The first-order valence-electron chi connectivity index (χ1n) is 7.69. The Kier molecular flexibility index (Phi) is 4.56. The van der Waals surface area contributed by atoms with E-state index in [1.54, 1.807) is 19.1 Å². The van der Waals surface area contributed by atoms with Gasteiger partial charge in [0.05, 0.1) is 12.2 Å². The summed E-state index contributed by atoms with van der Waals surface area (Å²) in [5.74, 6) is -1.02. The maximum atomic E-state index is 11.8. The summed E-state index contributed by atoms with van der Waals surface area (Å²) in [4.78, 5) is 23.3. The zero-order valence-electron chi connectivity index (χ0n) is 13.5. The van der Waals surface area contributed by atoms with Gasteiger partial charge >= 0.3 is 5.97 Å². The average Bonchev–Trinajstić information content (AvgIpc) is 3.12. The SMILES string of the molecule is CCOC(=O)c1ccc(-c2ccccc2-c2n[nH]nc2C(N)=O)cc1. The number of carbonyl (C=O) groups excluding carboxylic acids is 2. The van der Waals surface area contributed by atoms with Gasteiger partial charge in [-0.25, -0.2) is 4.79 Å². The zero-order valence-corrected chi connectivity index (χ0v) is 13.5. The number of aromatic amines is 1. The standard InChI is InChI=1S/C18H16N4O3/c1-2-25-18(24)12-9-7-11(8-10-12)13-5-3-4-6-14(13)15-16(17(19)23)21-22-20-15/h3-10H,2H2,1H3,(H2,19,23)(H,20,21,22). The smallest absolute Gasteiger partial charge is 0.338 e. The van der Waals surface area contributed by atoms with Crippen LogP contribution in [0.3, 0.4) is 0 Å². The normalized spacial score (nSPS) is 10.4. The number of primary amides is 1. The maximum Gasteiger partial charge on any atom is 0.338 e. The van der Waals surface area contributed by atoms with Crippen molar-refractivity contribution in [2.75, 3.05) is 6.61 Å². The molecule has 7 heteroatoms. The molecule has 0 aliphatic heterocycles. The van der Waals surface area contributed by atoms with Crippen LogP contribution in [0.5, 0.6) is 0 Å². The molecule has 1 heterocycles. The minimum atomic E-state index is -0.656. The third-order valence-electron chi connectivity index (χ3n) is 3.67. The first-order valence-corrected chi connectivity index (χ1v) is 7.69. The van der Waals surface area contributed by atoms with Gasteiger partial charge < -0.3 is 10.5 Å². The summed E-state index contributed by atoms with van der Waals surface area (Å²) in [6, 6.07) is 14.5. The molecule has 0 saturated carbocycles. The van der Waals surface area contributed by atoms with Crippen LogP contribution in [0.1, 0.15) is 27.8 Å². The fourth-order valence-corrected chi connectivity index (χ4v) is 2.53. The summed E-state index contributed by atoms with van der Waals surface area (Å²) < 4.78 is 4.99. The third-order valence-corrected chi connectivity index (χ3v) is 3.67. The van der Waals surface area contributed by atoms with Crippen molar-refractivity contribution in [2.45, 2.75) is 6.92 Å².